The predicted octanol–water partition coefficient (Wildman–Crippen LogP) is 2.62. The fourth-order valence-electron chi connectivity index (χ4n) is 1.12. The van der Waals surface area contributed by atoms with Crippen LogP contribution in [-0.2, 0) is 9.53 Å². The average molecular weight is 172 g/mol. The summed E-state index contributed by atoms with van der Waals surface area (Å²) in [5.41, 5.74) is 0.220. The van der Waals surface area contributed by atoms with Gasteiger partial charge >= 0.3 is 0 Å². The van der Waals surface area contributed by atoms with Crippen molar-refractivity contribution in [1.82, 2.24) is 0 Å². The molecule has 0 aromatic carbocycles. The summed E-state index contributed by atoms with van der Waals surface area (Å²) in [4.78, 5) is 10.2. The highest BCUT2D eigenvalue weighted by Crippen LogP contribution is 2.25. The second kappa shape index (κ2) is 4.48. The molecular formula is C10H20O2. The van der Waals surface area contributed by atoms with E-state index in [1.165, 1.54) is 0 Å². The Kier molecular flexibility index (Phi) is 4.29. The van der Waals surface area contributed by atoms with E-state index < -0.39 is 0 Å². The number of hydrogen-bond acceptors (Lipinski definition) is 2. The van der Waals surface area contributed by atoms with Gasteiger partial charge in [-0.3, -0.25) is 4.79 Å². The van der Waals surface area contributed by atoms with E-state index in [-0.39, 0.29) is 11.5 Å². The van der Waals surface area contributed by atoms with E-state index in [2.05, 4.69) is 34.6 Å². The van der Waals surface area contributed by atoms with Gasteiger partial charge in [-0.15, -0.1) is 0 Å². The topological polar surface area (TPSA) is 26.3 Å². The minimum atomic E-state index is 0.0579. The van der Waals surface area contributed by atoms with Crippen molar-refractivity contribution in [2.24, 2.45) is 11.3 Å². The van der Waals surface area contributed by atoms with Crippen molar-refractivity contribution < 1.29 is 9.53 Å². The maximum atomic E-state index is 10.2. The van der Waals surface area contributed by atoms with Gasteiger partial charge in [-0.1, -0.05) is 34.6 Å². The maximum Gasteiger partial charge on any atom is 0.293 e. The monoisotopic (exact) mass is 172 g/mol. The number of carbonyl (C=O) groups excluding carboxylic acids is 1. The Balaban J connectivity index is 4.04. The van der Waals surface area contributed by atoms with Crippen LogP contribution in [0.2, 0.25) is 0 Å². The van der Waals surface area contributed by atoms with Gasteiger partial charge in [0.2, 0.25) is 0 Å². The van der Waals surface area contributed by atoms with Crippen LogP contribution in [0.5, 0.6) is 0 Å². The molecule has 0 aromatic rings. The number of hydrogen-bond donors (Lipinski definition) is 0. The predicted molar refractivity (Wildman–Crippen MR) is 49.8 cm³/mol. The molecule has 0 N–H and O–H groups in total. The highest BCUT2D eigenvalue weighted by Gasteiger charge is 2.22. The molecule has 2 nitrogen and oxygen atoms in total. The first-order valence-electron chi connectivity index (χ1n) is 4.46. The van der Waals surface area contributed by atoms with E-state index in [9.17, 15) is 4.79 Å². The van der Waals surface area contributed by atoms with Crippen molar-refractivity contribution in [1.29, 1.82) is 0 Å². The normalized spacial score (nSPS) is 14.5. The fourth-order valence-corrected chi connectivity index (χ4v) is 1.12. The van der Waals surface area contributed by atoms with Gasteiger partial charge in [0, 0.05) is 0 Å². The molecule has 0 spiro atoms. The molecule has 72 valence electrons. The Morgan fingerprint density at radius 2 is 1.83 bits per heavy atom. The molecule has 1 atom stereocenters. The molecule has 2 heteroatoms. The van der Waals surface area contributed by atoms with E-state index in [0.717, 1.165) is 6.42 Å². The van der Waals surface area contributed by atoms with E-state index in [1.54, 1.807) is 0 Å². The fraction of sp³-hybridized carbons (Fsp3) is 0.900. The van der Waals surface area contributed by atoms with E-state index >= 15 is 0 Å². The molecule has 0 heterocycles. The summed E-state index contributed by atoms with van der Waals surface area (Å²) in [6.45, 7) is 11.1. The Morgan fingerprint density at radius 3 is 2.08 bits per heavy atom. The largest absolute Gasteiger partial charge is 0.464 e. The van der Waals surface area contributed by atoms with E-state index in [0.29, 0.717) is 12.4 Å². The first-order chi connectivity index (χ1) is 5.37. The summed E-state index contributed by atoms with van der Waals surface area (Å²) in [6.07, 6.45) is 0.978. The highest BCUT2D eigenvalue weighted by atomic mass is 16.5. The van der Waals surface area contributed by atoms with Crippen LogP contribution in [0.4, 0.5) is 0 Å². The summed E-state index contributed by atoms with van der Waals surface area (Å²) < 4.78 is 5.00. The van der Waals surface area contributed by atoms with Crippen LogP contribution in [0.15, 0.2) is 0 Å². The van der Waals surface area contributed by atoms with Crippen LogP contribution < -0.4 is 0 Å². The maximum absolute atomic E-state index is 10.2. The second-order valence-corrected chi connectivity index (χ2v) is 4.78. The van der Waals surface area contributed by atoms with Crippen LogP contribution in [0, 0.1) is 11.3 Å². The van der Waals surface area contributed by atoms with Gasteiger partial charge in [-0.25, -0.2) is 0 Å². The third-order valence-electron chi connectivity index (χ3n) is 1.79. The van der Waals surface area contributed by atoms with Crippen molar-refractivity contribution in [3.63, 3.8) is 0 Å². The van der Waals surface area contributed by atoms with Crippen LogP contribution in [0.25, 0.3) is 0 Å². The summed E-state index contributed by atoms with van der Waals surface area (Å²) >= 11 is 0. The Hall–Kier alpha value is -0.530. The van der Waals surface area contributed by atoms with Crippen molar-refractivity contribution in [2.45, 2.75) is 47.1 Å². The lowest BCUT2D eigenvalue weighted by Gasteiger charge is -2.27. The Morgan fingerprint density at radius 1 is 1.33 bits per heavy atom. The minimum absolute atomic E-state index is 0.0579. The molecule has 0 saturated heterocycles. The first-order valence-corrected chi connectivity index (χ1v) is 4.46. The van der Waals surface area contributed by atoms with Gasteiger partial charge in [0.15, 0.2) is 0 Å². The average Bonchev–Trinajstić information content (AvgIpc) is 1.83. The lowest BCUT2D eigenvalue weighted by Crippen LogP contribution is -2.25. The van der Waals surface area contributed by atoms with Gasteiger partial charge < -0.3 is 4.74 Å². The Labute approximate surface area is 75.3 Å². The van der Waals surface area contributed by atoms with E-state index in [1.807, 2.05) is 0 Å². The zero-order valence-corrected chi connectivity index (χ0v) is 8.76. The van der Waals surface area contributed by atoms with Gasteiger partial charge in [-0.2, -0.15) is 0 Å². The third kappa shape index (κ3) is 5.16. The van der Waals surface area contributed by atoms with Crippen LogP contribution in [-0.4, -0.2) is 12.6 Å². The summed E-state index contributed by atoms with van der Waals surface area (Å²) in [5.74, 6) is 0.398. The quantitative estimate of drug-likeness (QED) is 0.609. The highest BCUT2D eigenvalue weighted by molar-refractivity contribution is 5.37. The number of ether oxygens (including phenoxy) is 1. The summed E-state index contributed by atoms with van der Waals surface area (Å²) in [7, 11) is 0. The zero-order chi connectivity index (χ0) is 9.78. The molecule has 0 rings (SSSR count). The van der Waals surface area contributed by atoms with Crippen LogP contribution in [0.1, 0.15) is 41.0 Å². The summed E-state index contributed by atoms with van der Waals surface area (Å²) in [5, 5.41) is 0. The van der Waals surface area contributed by atoms with Crippen LogP contribution in [0.3, 0.4) is 0 Å². The SMILES string of the molecule is CC(C)C(CC(C)(C)C)OC=O. The molecule has 0 bridgehead atoms. The third-order valence-corrected chi connectivity index (χ3v) is 1.79. The second-order valence-electron chi connectivity index (χ2n) is 4.78. The molecule has 0 saturated carbocycles. The van der Waals surface area contributed by atoms with Crippen LogP contribution >= 0.6 is 0 Å². The van der Waals surface area contributed by atoms with Gasteiger partial charge in [0.25, 0.3) is 6.47 Å². The molecule has 12 heavy (non-hydrogen) atoms. The number of carbonyl (C=O) groups is 1. The van der Waals surface area contributed by atoms with Gasteiger partial charge in [0.05, 0.1) is 0 Å². The van der Waals surface area contributed by atoms with E-state index in [4.69, 9.17) is 4.74 Å². The number of rotatable bonds is 4. The van der Waals surface area contributed by atoms with Gasteiger partial charge in [0.1, 0.15) is 6.10 Å². The molecule has 1 unspecified atom stereocenters. The molecular weight excluding hydrogens is 152 g/mol. The smallest absolute Gasteiger partial charge is 0.293 e. The van der Waals surface area contributed by atoms with Crippen molar-refractivity contribution >= 4 is 6.47 Å². The van der Waals surface area contributed by atoms with Crippen molar-refractivity contribution in [3.05, 3.63) is 0 Å². The van der Waals surface area contributed by atoms with Gasteiger partial charge in [-0.05, 0) is 17.8 Å². The molecule has 0 aromatic heterocycles. The molecule has 0 aliphatic rings. The Bertz CT molecular complexity index is 133. The zero-order valence-electron chi connectivity index (χ0n) is 8.76. The molecule has 0 radical (unpaired) electrons. The standard InChI is InChI=1S/C10H20O2/c1-8(2)9(12-7-11)6-10(3,4)5/h7-9H,6H2,1-5H3. The molecule has 0 aliphatic carbocycles. The molecule has 0 fully saturated rings. The lowest BCUT2D eigenvalue weighted by molar-refractivity contribution is -0.137. The van der Waals surface area contributed by atoms with Crippen molar-refractivity contribution in [2.75, 3.05) is 0 Å². The molecule has 0 amide bonds. The van der Waals surface area contributed by atoms with Crippen molar-refractivity contribution in [3.8, 4) is 0 Å². The first kappa shape index (κ1) is 11.5. The lowest BCUT2D eigenvalue weighted by atomic mass is 9.85. The summed E-state index contributed by atoms with van der Waals surface area (Å²) in [6, 6.07) is 0. The minimum Gasteiger partial charge on any atom is -0.464 e. The molecule has 0 aliphatic heterocycles.